The van der Waals surface area contributed by atoms with Gasteiger partial charge < -0.3 is 9.88 Å². The van der Waals surface area contributed by atoms with Crippen LogP contribution in [0.5, 0.6) is 0 Å². The minimum Gasteiger partial charge on any atom is -0.323 e. The number of para-hydroxylation sites is 1. The Morgan fingerprint density at radius 3 is 2.90 bits per heavy atom. The van der Waals surface area contributed by atoms with E-state index in [4.69, 9.17) is 16.6 Å². The first kappa shape index (κ1) is 13.9. The molecule has 0 spiro atoms. The highest BCUT2D eigenvalue weighted by molar-refractivity contribution is 6.35. The summed E-state index contributed by atoms with van der Waals surface area (Å²) in [5.74, 6) is 1.74. The van der Waals surface area contributed by atoms with Gasteiger partial charge in [-0.15, -0.1) is 0 Å². The summed E-state index contributed by atoms with van der Waals surface area (Å²) in [6.45, 7) is 7.77. The lowest BCUT2D eigenvalue weighted by Gasteiger charge is -2.31. The van der Waals surface area contributed by atoms with Gasteiger partial charge in [0.25, 0.3) is 0 Å². The maximum atomic E-state index is 6.41. The summed E-state index contributed by atoms with van der Waals surface area (Å²) >= 11 is 6.41. The molecule has 0 saturated carbocycles. The zero-order valence-corrected chi connectivity index (χ0v) is 13.1. The Balaban J connectivity index is 2.19. The van der Waals surface area contributed by atoms with Crippen LogP contribution in [0.2, 0.25) is 5.02 Å². The number of fused-ring (bicyclic) bond motifs is 1. The summed E-state index contributed by atoms with van der Waals surface area (Å²) in [5, 5.41) is 4.42. The van der Waals surface area contributed by atoms with E-state index < -0.39 is 0 Å². The van der Waals surface area contributed by atoms with E-state index in [0.717, 1.165) is 28.4 Å². The first-order valence-corrected chi connectivity index (χ1v) is 7.87. The Hall–Kier alpha value is -1.06. The second-order valence-corrected chi connectivity index (χ2v) is 6.50. The van der Waals surface area contributed by atoms with Crippen molar-refractivity contribution in [1.29, 1.82) is 0 Å². The molecule has 2 heterocycles. The number of rotatable bonds is 2. The van der Waals surface area contributed by atoms with Crippen molar-refractivity contribution < 1.29 is 0 Å². The number of benzene rings is 1. The van der Waals surface area contributed by atoms with Crippen LogP contribution in [0.3, 0.4) is 0 Å². The summed E-state index contributed by atoms with van der Waals surface area (Å²) < 4.78 is 2.30. The fraction of sp³-hybridized carbons (Fsp3) is 0.562. The highest BCUT2D eigenvalue weighted by atomic mass is 35.5. The summed E-state index contributed by atoms with van der Waals surface area (Å²) in [6.07, 6.45) is 2.51. The molecule has 2 aromatic rings. The molecule has 3 nitrogen and oxygen atoms in total. The van der Waals surface area contributed by atoms with Gasteiger partial charge in [-0.1, -0.05) is 24.6 Å². The molecule has 2 unspecified atom stereocenters. The van der Waals surface area contributed by atoms with Crippen LogP contribution in [-0.4, -0.2) is 16.1 Å². The third-order valence-electron chi connectivity index (χ3n) is 4.25. The Morgan fingerprint density at radius 1 is 1.40 bits per heavy atom. The third-order valence-corrected chi connectivity index (χ3v) is 4.56. The normalized spacial score (nSPS) is 23.6. The van der Waals surface area contributed by atoms with E-state index >= 15 is 0 Å². The van der Waals surface area contributed by atoms with Crippen molar-refractivity contribution in [3.8, 4) is 0 Å². The lowest BCUT2D eigenvalue weighted by Crippen LogP contribution is -2.35. The van der Waals surface area contributed by atoms with Crippen LogP contribution in [0.25, 0.3) is 11.0 Å². The van der Waals surface area contributed by atoms with E-state index in [1.807, 2.05) is 12.1 Å². The van der Waals surface area contributed by atoms with Gasteiger partial charge in [0.05, 0.1) is 22.1 Å². The van der Waals surface area contributed by atoms with Gasteiger partial charge in [0.1, 0.15) is 5.82 Å². The highest BCUT2D eigenvalue weighted by Gasteiger charge is 2.28. The van der Waals surface area contributed by atoms with Crippen molar-refractivity contribution in [1.82, 2.24) is 14.9 Å². The quantitative estimate of drug-likeness (QED) is 0.892. The SMILES string of the molecule is CC1CCCNC1c1nc2cccc(Cl)c2n1C(C)C. The molecule has 2 atom stereocenters. The lowest BCUT2D eigenvalue weighted by molar-refractivity contribution is 0.286. The maximum Gasteiger partial charge on any atom is 0.127 e. The molecule has 1 saturated heterocycles. The molecule has 1 N–H and O–H groups in total. The second kappa shape index (κ2) is 5.38. The van der Waals surface area contributed by atoms with Crippen LogP contribution < -0.4 is 5.32 Å². The van der Waals surface area contributed by atoms with Gasteiger partial charge in [0, 0.05) is 6.04 Å². The first-order chi connectivity index (χ1) is 9.59. The summed E-state index contributed by atoms with van der Waals surface area (Å²) in [5.41, 5.74) is 2.07. The van der Waals surface area contributed by atoms with Crippen LogP contribution in [-0.2, 0) is 0 Å². The molecule has 3 rings (SSSR count). The van der Waals surface area contributed by atoms with Crippen molar-refractivity contribution in [2.75, 3.05) is 6.54 Å². The molecule has 0 bridgehead atoms. The summed E-state index contributed by atoms with van der Waals surface area (Å²) in [4.78, 5) is 4.88. The van der Waals surface area contributed by atoms with Gasteiger partial charge >= 0.3 is 0 Å². The van der Waals surface area contributed by atoms with Crippen LogP contribution in [0.15, 0.2) is 18.2 Å². The molecule has 1 aliphatic rings. The Kier molecular flexibility index (Phi) is 3.74. The minimum absolute atomic E-state index is 0.328. The number of nitrogens with one attached hydrogen (secondary N) is 1. The van der Waals surface area contributed by atoms with E-state index in [0.29, 0.717) is 18.0 Å². The number of halogens is 1. The van der Waals surface area contributed by atoms with E-state index in [1.54, 1.807) is 0 Å². The Bertz CT molecular complexity index is 617. The van der Waals surface area contributed by atoms with E-state index in [2.05, 4.69) is 36.7 Å². The maximum absolute atomic E-state index is 6.41. The fourth-order valence-corrected chi connectivity index (χ4v) is 3.52. The highest BCUT2D eigenvalue weighted by Crippen LogP contribution is 2.34. The van der Waals surface area contributed by atoms with Crippen molar-refractivity contribution in [2.45, 2.75) is 45.7 Å². The van der Waals surface area contributed by atoms with Gasteiger partial charge in [-0.3, -0.25) is 0 Å². The van der Waals surface area contributed by atoms with Crippen molar-refractivity contribution in [2.24, 2.45) is 5.92 Å². The molecule has 1 aromatic carbocycles. The van der Waals surface area contributed by atoms with Gasteiger partial charge in [-0.25, -0.2) is 4.98 Å². The monoisotopic (exact) mass is 291 g/mol. The zero-order valence-electron chi connectivity index (χ0n) is 12.4. The molecular formula is C16H22ClN3. The molecule has 0 radical (unpaired) electrons. The average molecular weight is 292 g/mol. The smallest absolute Gasteiger partial charge is 0.127 e. The molecule has 108 valence electrons. The number of hydrogen-bond acceptors (Lipinski definition) is 2. The van der Waals surface area contributed by atoms with E-state index in [-0.39, 0.29) is 0 Å². The van der Waals surface area contributed by atoms with Gasteiger partial charge in [-0.2, -0.15) is 0 Å². The van der Waals surface area contributed by atoms with Crippen molar-refractivity contribution in [3.05, 3.63) is 29.0 Å². The number of aromatic nitrogens is 2. The number of piperidine rings is 1. The van der Waals surface area contributed by atoms with Crippen molar-refractivity contribution >= 4 is 22.6 Å². The largest absolute Gasteiger partial charge is 0.323 e. The molecule has 0 amide bonds. The van der Waals surface area contributed by atoms with Crippen molar-refractivity contribution in [3.63, 3.8) is 0 Å². The Morgan fingerprint density at radius 2 is 2.20 bits per heavy atom. The predicted molar refractivity (Wildman–Crippen MR) is 84.3 cm³/mol. The summed E-state index contributed by atoms with van der Waals surface area (Å²) in [6, 6.07) is 6.66. The molecule has 1 aromatic heterocycles. The third kappa shape index (κ3) is 2.23. The summed E-state index contributed by atoms with van der Waals surface area (Å²) in [7, 11) is 0. The standard InChI is InChI=1S/C16H22ClN3/c1-10(2)20-15-12(17)7-4-8-13(15)19-16(20)14-11(3)6-5-9-18-14/h4,7-8,10-11,14,18H,5-6,9H2,1-3H3. The molecule has 0 aliphatic carbocycles. The first-order valence-electron chi connectivity index (χ1n) is 7.49. The second-order valence-electron chi connectivity index (χ2n) is 6.09. The van der Waals surface area contributed by atoms with Gasteiger partial charge in [0.2, 0.25) is 0 Å². The van der Waals surface area contributed by atoms with Crippen LogP contribution in [0, 0.1) is 5.92 Å². The van der Waals surface area contributed by atoms with Crippen LogP contribution >= 0.6 is 11.6 Å². The number of nitrogens with zero attached hydrogens (tertiary/aromatic N) is 2. The molecule has 1 aliphatic heterocycles. The number of hydrogen-bond donors (Lipinski definition) is 1. The predicted octanol–water partition coefficient (Wildman–Crippen LogP) is 4.33. The Labute approximate surface area is 125 Å². The lowest BCUT2D eigenvalue weighted by atomic mass is 9.92. The fourth-order valence-electron chi connectivity index (χ4n) is 3.26. The van der Waals surface area contributed by atoms with Gasteiger partial charge in [0.15, 0.2) is 0 Å². The van der Waals surface area contributed by atoms with Gasteiger partial charge in [-0.05, 0) is 51.3 Å². The molecule has 20 heavy (non-hydrogen) atoms. The van der Waals surface area contributed by atoms with E-state index in [1.165, 1.54) is 12.8 Å². The minimum atomic E-state index is 0.328. The molecule has 4 heteroatoms. The van der Waals surface area contributed by atoms with Crippen LogP contribution in [0.4, 0.5) is 0 Å². The average Bonchev–Trinajstić information content (AvgIpc) is 2.80. The van der Waals surface area contributed by atoms with E-state index in [9.17, 15) is 0 Å². The van der Waals surface area contributed by atoms with Crippen LogP contribution in [0.1, 0.15) is 51.5 Å². The zero-order chi connectivity index (χ0) is 14.3. The molecular weight excluding hydrogens is 270 g/mol. The molecule has 1 fully saturated rings. The number of imidazole rings is 1. The topological polar surface area (TPSA) is 29.9 Å².